The minimum Gasteiger partial charge on any atom is -0.480 e. The van der Waals surface area contributed by atoms with E-state index in [1.807, 2.05) is 0 Å². The Bertz CT molecular complexity index is 231. The molecule has 2 unspecified atom stereocenters. The van der Waals surface area contributed by atoms with Crippen LogP contribution in [0.1, 0.15) is 12.8 Å². The number of nitrogens with zero attached hydrogens (tertiary/aromatic N) is 1. The normalized spacial score (nSPS) is 28.5. The number of nitrogens with two attached hydrogens (primary N) is 1. The number of β-amino-alcohol motifs (C(OH)–C–C–N with tert-alkyl or cyclic N) is 1. The molecule has 1 heterocycles. The lowest BCUT2D eigenvalue weighted by atomic mass is 10.0. The van der Waals surface area contributed by atoms with Gasteiger partial charge in [-0.25, -0.2) is 9.59 Å². The van der Waals surface area contributed by atoms with Crippen molar-refractivity contribution in [3.8, 4) is 0 Å². The van der Waals surface area contributed by atoms with Crippen LogP contribution in [0.25, 0.3) is 0 Å². The molecule has 74 valence electrons. The minimum atomic E-state index is -1.08. The average molecular weight is 188 g/mol. The second-order valence-electron chi connectivity index (χ2n) is 3.08. The number of rotatable bonds is 1. The van der Waals surface area contributed by atoms with E-state index in [9.17, 15) is 14.7 Å². The highest BCUT2D eigenvalue weighted by atomic mass is 16.4. The van der Waals surface area contributed by atoms with E-state index >= 15 is 0 Å². The summed E-state index contributed by atoms with van der Waals surface area (Å²) < 4.78 is 0. The molecule has 1 aliphatic rings. The number of piperidine rings is 1. The number of primary amides is 1. The minimum absolute atomic E-state index is 0.00625. The number of amides is 2. The molecule has 0 aromatic carbocycles. The molecule has 13 heavy (non-hydrogen) atoms. The molecule has 0 bridgehead atoms. The number of hydrogen-bond donors (Lipinski definition) is 3. The molecule has 1 aliphatic heterocycles. The number of carboxylic acid groups (broad SMARTS) is 1. The molecular formula is C7H12N2O4. The number of carbonyl (C=O) groups excluding carboxylic acids is 1. The summed E-state index contributed by atoms with van der Waals surface area (Å²) in [6.07, 6.45) is -0.0247. The first-order valence-corrected chi connectivity index (χ1v) is 3.99. The Morgan fingerprint density at radius 1 is 1.38 bits per heavy atom. The van der Waals surface area contributed by atoms with Crippen LogP contribution in [-0.4, -0.2) is 45.8 Å². The van der Waals surface area contributed by atoms with Crippen LogP contribution in [0.2, 0.25) is 0 Å². The van der Waals surface area contributed by atoms with E-state index in [4.69, 9.17) is 10.8 Å². The summed E-state index contributed by atoms with van der Waals surface area (Å²) in [5.74, 6) is -1.08. The third kappa shape index (κ3) is 2.09. The summed E-state index contributed by atoms with van der Waals surface area (Å²) in [6, 6.07) is -1.69. The third-order valence-corrected chi connectivity index (χ3v) is 2.13. The van der Waals surface area contributed by atoms with E-state index in [1.54, 1.807) is 0 Å². The second-order valence-corrected chi connectivity index (χ2v) is 3.08. The average Bonchev–Trinajstić information content (AvgIpc) is 2.03. The van der Waals surface area contributed by atoms with Gasteiger partial charge in [0.15, 0.2) is 0 Å². The Balaban J connectivity index is 2.72. The van der Waals surface area contributed by atoms with Crippen LogP contribution >= 0.6 is 0 Å². The van der Waals surface area contributed by atoms with E-state index in [0.29, 0.717) is 6.42 Å². The Hall–Kier alpha value is -1.30. The van der Waals surface area contributed by atoms with Gasteiger partial charge in [0, 0.05) is 6.54 Å². The maximum absolute atomic E-state index is 10.8. The number of hydrogen-bond acceptors (Lipinski definition) is 3. The number of carbonyl (C=O) groups is 2. The molecule has 2 amide bonds. The van der Waals surface area contributed by atoms with Crippen molar-refractivity contribution in [2.45, 2.75) is 25.0 Å². The predicted molar refractivity (Wildman–Crippen MR) is 43.0 cm³/mol. The summed E-state index contributed by atoms with van der Waals surface area (Å²) in [6.45, 7) is 0.00625. The Labute approximate surface area is 74.9 Å². The van der Waals surface area contributed by atoms with Gasteiger partial charge in [0.25, 0.3) is 0 Å². The standard InChI is InChI=1S/C7H12N2O4/c8-7(13)9-3-4(10)1-2-5(9)6(11)12/h4-5,10H,1-3H2,(H2,8,13)(H,11,12). The van der Waals surface area contributed by atoms with E-state index in [1.165, 1.54) is 0 Å². The predicted octanol–water partition coefficient (Wildman–Crippen LogP) is -1.03. The van der Waals surface area contributed by atoms with Crippen molar-refractivity contribution in [3.63, 3.8) is 0 Å². The van der Waals surface area contributed by atoms with Gasteiger partial charge in [-0.1, -0.05) is 0 Å². The first kappa shape index (κ1) is 9.79. The summed E-state index contributed by atoms with van der Waals surface area (Å²) in [7, 11) is 0. The molecule has 0 aromatic rings. The van der Waals surface area contributed by atoms with Crippen LogP contribution in [0.15, 0.2) is 0 Å². The van der Waals surface area contributed by atoms with Crippen LogP contribution in [-0.2, 0) is 4.79 Å². The van der Waals surface area contributed by atoms with Crippen molar-refractivity contribution in [1.29, 1.82) is 0 Å². The van der Waals surface area contributed by atoms with Crippen molar-refractivity contribution < 1.29 is 19.8 Å². The zero-order valence-electron chi connectivity index (χ0n) is 7.01. The molecule has 0 saturated carbocycles. The molecule has 6 heteroatoms. The number of aliphatic hydroxyl groups is 1. The summed E-state index contributed by atoms with van der Waals surface area (Å²) >= 11 is 0. The quantitative estimate of drug-likeness (QED) is 0.489. The molecule has 4 N–H and O–H groups in total. The SMILES string of the molecule is NC(=O)N1CC(O)CCC1C(=O)O. The van der Waals surface area contributed by atoms with Gasteiger partial charge in [-0.15, -0.1) is 0 Å². The number of aliphatic carboxylic acids is 1. The van der Waals surface area contributed by atoms with Crippen molar-refractivity contribution in [3.05, 3.63) is 0 Å². The Morgan fingerprint density at radius 3 is 2.46 bits per heavy atom. The maximum atomic E-state index is 10.8. The largest absolute Gasteiger partial charge is 0.480 e. The summed E-state index contributed by atoms with van der Waals surface area (Å²) in [4.78, 5) is 22.4. The topological polar surface area (TPSA) is 104 Å². The van der Waals surface area contributed by atoms with Crippen LogP contribution in [0, 0.1) is 0 Å². The first-order valence-electron chi connectivity index (χ1n) is 3.99. The van der Waals surface area contributed by atoms with Gasteiger partial charge in [-0.05, 0) is 12.8 Å². The molecule has 0 radical (unpaired) electrons. The molecule has 0 aliphatic carbocycles. The fraction of sp³-hybridized carbons (Fsp3) is 0.714. The van der Waals surface area contributed by atoms with Gasteiger partial charge in [0.1, 0.15) is 6.04 Å². The molecule has 2 atom stereocenters. The van der Waals surface area contributed by atoms with E-state index in [0.717, 1.165) is 4.90 Å². The monoisotopic (exact) mass is 188 g/mol. The van der Waals surface area contributed by atoms with Crippen LogP contribution < -0.4 is 5.73 Å². The number of aliphatic hydroxyl groups excluding tert-OH is 1. The molecule has 1 rings (SSSR count). The molecule has 6 nitrogen and oxygen atoms in total. The highest BCUT2D eigenvalue weighted by Crippen LogP contribution is 2.17. The van der Waals surface area contributed by atoms with Crippen LogP contribution in [0.3, 0.4) is 0 Å². The first-order chi connectivity index (χ1) is 6.02. The lowest BCUT2D eigenvalue weighted by Crippen LogP contribution is -2.54. The molecule has 0 aromatic heterocycles. The number of carboxylic acids is 1. The zero-order valence-corrected chi connectivity index (χ0v) is 7.01. The third-order valence-electron chi connectivity index (χ3n) is 2.13. The van der Waals surface area contributed by atoms with Gasteiger partial charge >= 0.3 is 12.0 Å². The molecule has 1 saturated heterocycles. The van der Waals surface area contributed by atoms with Crippen molar-refractivity contribution in [2.75, 3.05) is 6.54 Å². The Morgan fingerprint density at radius 2 is 2.00 bits per heavy atom. The van der Waals surface area contributed by atoms with Gasteiger partial charge in [0.05, 0.1) is 6.10 Å². The molecular weight excluding hydrogens is 176 g/mol. The van der Waals surface area contributed by atoms with Crippen molar-refractivity contribution in [2.24, 2.45) is 5.73 Å². The van der Waals surface area contributed by atoms with Gasteiger partial charge < -0.3 is 20.8 Å². The van der Waals surface area contributed by atoms with Gasteiger partial charge in [0.2, 0.25) is 0 Å². The van der Waals surface area contributed by atoms with Gasteiger partial charge in [-0.2, -0.15) is 0 Å². The van der Waals surface area contributed by atoms with Crippen molar-refractivity contribution in [1.82, 2.24) is 4.90 Å². The fourth-order valence-electron chi connectivity index (χ4n) is 1.45. The maximum Gasteiger partial charge on any atom is 0.326 e. The van der Waals surface area contributed by atoms with E-state index in [-0.39, 0.29) is 13.0 Å². The fourth-order valence-corrected chi connectivity index (χ4v) is 1.45. The lowest BCUT2D eigenvalue weighted by Gasteiger charge is -2.34. The summed E-state index contributed by atoms with van der Waals surface area (Å²) in [5, 5.41) is 17.9. The summed E-state index contributed by atoms with van der Waals surface area (Å²) in [5.41, 5.74) is 4.97. The highest BCUT2D eigenvalue weighted by Gasteiger charge is 2.34. The van der Waals surface area contributed by atoms with Crippen LogP contribution in [0.5, 0.6) is 0 Å². The lowest BCUT2D eigenvalue weighted by molar-refractivity contribution is -0.144. The van der Waals surface area contributed by atoms with Crippen molar-refractivity contribution >= 4 is 12.0 Å². The van der Waals surface area contributed by atoms with E-state index in [2.05, 4.69) is 0 Å². The van der Waals surface area contributed by atoms with E-state index < -0.39 is 24.1 Å². The highest BCUT2D eigenvalue weighted by molar-refractivity contribution is 5.82. The Kier molecular flexibility index (Phi) is 2.72. The molecule has 1 fully saturated rings. The van der Waals surface area contributed by atoms with Gasteiger partial charge in [-0.3, -0.25) is 0 Å². The number of urea groups is 1. The van der Waals surface area contributed by atoms with Crippen LogP contribution in [0.4, 0.5) is 4.79 Å². The smallest absolute Gasteiger partial charge is 0.326 e. The zero-order chi connectivity index (χ0) is 10.0. The second kappa shape index (κ2) is 3.61. The molecule has 0 spiro atoms. The number of likely N-dealkylation sites (tertiary alicyclic amines) is 1.